The van der Waals surface area contributed by atoms with E-state index in [0.717, 1.165) is 0 Å². The first-order valence-electron chi connectivity index (χ1n) is 3.74. The molecule has 0 bridgehead atoms. The molecule has 0 amide bonds. The van der Waals surface area contributed by atoms with E-state index in [4.69, 9.17) is 5.73 Å². The monoisotopic (exact) mass is 229 g/mol. The lowest BCUT2D eigenvalue weighted by Gasteiger charge is -2.11. The van der Waals surface area contributed by atoms with E-state index in [2.05, 4.69) is 0 Å². The van der Waals surface area contributed by atoms with Gasteiger partial charge in [-0.1, -0.05) is 0 Å². The van der Waals surface area contributed by atoms with Gasteiger partial charge >= 0.3 is 0 Å². The van der Waals surface area contributed by atoms with E-state index in [-0.39, 0.29) is 0 Å². The summed E-state index contributed by atoms with van der Waals surface area (Å²) in [6.45, 7) is -1.43. The van der Waals surface area contributed by atoms with Crippen LogP contribution in [-0.2, 0) is 0 Å². The van der Waals surface area contributed by atoms with Gasteiger partial charge in [-0.05, 0) is 0 Å². The summed E-state index contributed by atoms with van der Waals surface area (Å²) >= 11 is 0. The zero-order chi connectivity index (χ0) is 11.7. The van der Waals surface area contributed by atoms with Gasteiger partial charge in [-0.3, -0.25) is 0 Å². The summed E-state index contributed by atoms with van der Waals surface area (Å²) in [5.74, 6) is -10.8. The predicted molar refractivity (Wildman–Crippen MR) is 39.1 cm³/mol. The van der Waals surface area contributed by atoms with E-state index < -0.39 is 47.4 Å². The molecule has 0 aliphatic heterocycles. The molecule has 0 aliphatic rings. The third kappa shape index (κ3) is 1.79. The number of halogens is 6. The van der Waals surface area contributed by atoms with Crippen LogP contribution in [-0.4, -0.2) is 6.67 Å². The quantitative estimate of drug-likeness (QED) is 0.470. The second-order valence-corrected chi connectivity index (χ2v) is 2.74. The molecule has 0 saturated carbocycles. The van der Waals surface area contributed by atoms with Crippen molar-refractivity contribution in [3.63, 3.8) is 0 Å². The molecular formula is C8H5F6N. The summed E-state index contributed by atoms with van der Waals surface area (Å²) in [4.78, 5) is 0. The fraction of sp³-hybridized carbons (Fsp3) is 0.250. The SMILES string of the molecule is N[C@@H](CF)c1c(F)c(F)c(F)c(F)c1F. The number of benzene rings is 1. The third-order valence-corrected chi connectivity index (χ3v) is 1.78. The van der Waals surface area contributed by atoms with Crippen LogP contribution >= 0.6 is 0 Å². The van der Waals surface area contributed by atoms with Crippen molar-refractivity contribution in [3.8, 4) is 0 Å². The van der Waals surface area contributed by atoms with Crippen LogP contribution in [0.5, 0.6) is 0 Å². The molecule has 15 heavy (non-hydrogen) atoms. The molecule has 1 aromatic rings. The van der Waals surface area contributed by atoms with Crippen molar-refractivity contribution in [2.75, 3.05) is 6.67 Å². The van der Waals surface area contributed by atoms with Crippen LogP contribution in [0.1, 0.15) is 11.6 Å². The highest BCUT2D eigenvalue weighted by Crippen LogP contribution is 2.26. The second kappa shape index (κ2) is 4.09. The summed E-state index contributed by atoms with van der Waals surface area (Å²) in [7, 11) is 0. The molecule has 1 rings (SSSR count). The van der Waals surface area contributed by atoms with Gasteiger partial charge in [-0.2, -0.15) is 0 Å². The molecular weight excluding hydrogens is 224 g/mol. The van der Waals surface area contributed by atoms with E-state index in [1.165, 1.54) is 0 Å². The molecule has 0 aromatic heterocycles. The van der Waals surface area contributed by atoms with E-state index in [0.29, 0.717) is 0 Å². The Balaban J connectivity index is 3.52. The smallest absolute Gasteiger partial charge is 0.200 e. The van der Waals surface area contributed by atoms with Crippen molar-refractivity contribution < 1.29 is 26.3 Å². The summed E-state index contributed by atoms with van der Waals surface area (Å²) < 4.78 is 75.4. The molecule has 0 fully saturated rings. The molecule has 2 N–H and O–H groups in total. The first kappa shape index (κ1) is 11.8. The minimum atomic E-state index is -2.29. The van der Waals surface area contributed by atoms with E-state index >= 15 is 0 Å². The Kier molecular flexibility index (Phi) is 3.23. The Morgan fingerprint density at radius 2 is 1.13 bits per heavy atom. The van der Waals surface area contributed by atoms with Gasteiger partial charge in [0, 0.05) is 5.56 Å². The highest BCUT2D eigenvalue weighted by Gasteiger charge is 2.28. The van der Waals surface area contributed by atoms with Crippen LogP contribution in [0.3, 0.4) is 0 Å². The van der Waals surface area contributed by atoms with Crippen LogP contribution in [0.15, 0.2) is 0 Å². The van der Waals surface area contributed by atoms with Crippen LogP contribution < -0.4 is 5.73 Å². The summed E-state index contributed by atoms with van der Waals surface area (Å²) in [6.07, 6.45) is 0. The molecule has 0 radical (unpaired) electrons. The van der Waals surface area contributed by atoms with Crippen molar-refractivity contribution in [1.29, 1.82) is 0 Å². The zero-order valence-corrected chi connectivity index (χ0v) is 7.13. The molecule has 0 unspecified atom stereocenters. The summed E-state index contributed by atoms with van der Waals surface area (Å²) in [5, 5.41) is 0. The van der Waals surface area contributed by atoms with Crippen molar-refractivity contribution >= 4 is 0 Å². The van der Waals surface area contributed by atoms with Gasteiger partial charge < -0.3 is 5.73 Å². The van der Waals surface area contributed by atoms with Crippen molar-refractivity contribution in [2.45, 2.75) is 6.04 Å². The number of rotatable bonds is 2. The zero-order valence-electron chi connectivity index (χ0n) is 7.13. The Hall–Kier alpha value is -1.24. The normalized spacial score (nSPS) is 13.0. The maximum Gasteiger partial charge on any atom is 0.200 e. The van der Waals surface area contributed by atoms with E-state index in [1.807, 2.05) is 0 Å². The summed E-state index contributed by atoms with van der Waals surface area (Å²) in [6, 6.07) is -1.88. The number of nitrogens with two attached hydrogens (primary N) is 1. The van der Waals surface area contributed by atoms with Crippen LogP contribution in [0.2, 0.25) is 0 Å². The van der Waals surface area contributed by atoms with Gasteiger partial charge in [0.25, 0.3) is 0 Å². The molecule has 0 heterocycles. The maximum absolute atomic E-state index is 12.9. The lowest BCUT2D eigenvalue weighted by atomic mass is 10.1. The lowest BCUT2D eigenvalue weighted by molar-refractivity contribution is 0.350. The topological polar surface area (TPSA) is 26.0 Å². The Morgan fingerprint density at radius 1 is 0.800 bits per heavy atom. The average molecular weight is 229 g/mol. The van der Waals surface area contributed by atoms with Crippen molar-refractivity contribution in [3.05, 3.63) is 34.6 Å². The van der Waals surface area contributed by atoms with Crippen molar-refractivity contribution in [1.82, 2.24) is 0 Å². The van der Waals surface area contributed by atoms with Crippen LogP contribution in [0, 0.1) is 29.1 Å². The molecule has 1 aromatic carbocycles. The number of hydrogen-bond donors (Lipinski definition) is 1. The van der Waals surface area contributed by atoms with Crippen LogP contribution in [0.4, 0.5) is 26.3 Å². The Bertz CT molecular complexity index is 362. The Labute approximate surface area is 80.5 Å². The first-order valence-corrected chi connectivity index (χ1v) is 3.74. The average Bonchev–Trinajstić information content (AvgIpc) is 2.23. The molecule has 84 valence electrons. The minimum absolute atomic E-state index is 1.34. The van der Waals surface area contributed by atoms with Gasteiger partial charge in [0.05, 0.1) is 6.04 Å². The molecule has 0 spiro atoms. The summed E-state index contributed by atoms with van der Waals surface area (Å²) in [5.41, 5.74) is 3.53. The maximum atomic E-state index is 12.9. The van der Waals surface area contributed by atoms with E-state index in [9.17, 15) is 26.3 Å². The fourth-order valence-electron chi connectivity index (χ4n) is 1.02. The Morgan fingerprint density at radius 3 is 1.47 bits per heavy atom. The number of hydrogen-bond acceptors (Lipinski definition) is 1. The minimum Gasteiger partial charge on any atom is -0.322 e. The molecule has 0 aliphatic carbocycles. The van der Waals surface area contributed by atoms with Gasteiger partial charge in [-0.25, -0.2) is 26.3 Å². The van der Waals surface area contributed by atoms with Crippen LogP contribution in [0.25, 0.3) is 0 Å². The molecule has 7 heteroatoms. The third-order valence-electron chi connectivity index (χ3n) is 1.78. The fourth-order valence-corrected chi connectivity index (χ4v) is 1.02. The van der Waals surface area contributed by atoms with Gasteiger partial charge in [0.2, 0.25) is 5.82 Å². The van der Waals surface area contributed by atoms with Gasteiger partial charge in [-0.15, -0.1) is 0 Å². The lowest BCUT2D eigenvalue weighted by Crippen LogP contribution is -2.19. The molecule has 1 nitrogen and oxygen atoms in total. The molecule has 0 saturated heterocycles. The molecule has 1 atom stereocenters. The largest absolute Gasteiger partial charge is 0.322 e. The van der Waals surface area contributed by atoms with E-state index in [1.54, 1.807) is 0 Å². The van der Waals surface area contributed by atoms with Crippen molar-refractivity contribution in [2.24, 2.45) is 5.73 Å². The van der Waals surface area contributed by atoms with Gasteiger partial charge in [0.15, 0.2) is 23.3 Å². The number of alkyl halides is 1. The standard InChI is InChI=1S/C8H5F6N/c9-1-2(15)3-4(10)6(12)8(14)7(13)5(3)11/h2H,1,15H2/t2-/m0/s1. The highest BCUT2D eigenvalue weighted by molar-refractivity contribution is 5.26. The van der Waals surface area contributed by atoms with Gasteiger partial charge in [0.1, 0.15) is 6.67 Å². The predicted octanol–water partition coefficient (Wildman–Crippen LogP) is 2.35. The first-order chi connectivity index (χ1) is 6.91. The second-order valence-electron chi connectivity index (χ2n) is 2.74. The highest BCUT2D eigenvalue weighted by atomic mass is 19.2.